The molecule has 0 N–H and O–H groups in total. The number of aromatic nitrogens is 1. The van der Waals surface area contributed by atoms with Gasteiger partial charge >= 0.3 is 0 Å². The van der Waals surface area contributed by atoms with Gasteiger partial charge in [-0.2, -0.15) is 0 Å². The maximum absolute atomic E-state index is 6.42. The molecule has 4 heteroatoms. The summed E-state index contributed by atoms with van der Waals surface area (Å²) in [5.41, 5.74) is 14.0. The predicted octanol–water partition coefficient (Wildman–Crippen LogP) is 16.4. The molecule has 4 nitrogen and oxygen atoms in total. The minimum absolute atomic E-state index is 0.874. The average Bonchev–Trinajstić information content (AvgIpc) is 3.87. The zero-order valence-corrected chi connectivity index (χ0v) is 33.8. The molecule has 0 radical (unpaired) electrons. The van der Waals surface area contributed by atoms with E-state index in [9.17, 15) is 0 Å². The molecule has 2 heterocycles. The van der Waals surface area contributed by atoms with Crippen LogP contribution in [0.15, 0.2) is 241 Å². The van der Waals surface area contributed by atoms with Gasteiger partial charge in [0, 0.05) is 61.4 Å². The van der Waals surface area contributed by atoms with Gasteiger partial charge in [0.05, 0.1) is 11.0 Å². The molecule has 0 saturated heterocycles. The van der Waals surface area contributed by atoms with Gasteiger partial charge in [0.2, 0.25) is 0 Å². The van der Waals surface area contributed by atoms with Gasteiger partial charge in [-0.1, -0.05) is 127 Å². The van der Waals surface area contributed by atoms with Crippen LogP contribution in [0.3, 0.4) is 0 Å². The normalized spacial score (nSPS) is 11.5. The highest BCUT2D eigenvalue weighted by Gasteiger charge is 2.20. The minimum atomic E-state index is 0.874. The van der Waals surface area contributed by atoms with Crippen LogP contribution in [0.5, 0.6) is 0 Å². The molecule has 0 atom stereocenters. The van der Waals surface area contributed by atoms with E-state index in [4.69, 9.17) is 4.42 Å². The Balaban J connectivity index is 1.02. The molecule has 12 aromatic rings. The molecule has 10 aromatic carbocycles. The smallest absolute Gasteiger partial charge is 0.136 e. The first kappa shape index (κ1) is 35.6. The van der Waals surface area contributed by atoms with E-state index in [0.717, 1.165) is 72.8 Å². The molecule has 0 fully saturated rings. The fourth-order valence-corrected chi connectivity index (χ4v) is 9.22. The predicted molar refractivity (Wildman–Crippen MR) is 260 cm³/mol. The van der Waals surface area contributed by atoms with Crippen molar-refractivity contribution in [2.24, 2.45) is 0 Å². The summed E-state index contributed by atoms with van der Waals surface area (Å²) in [6.45, 7) is 0. The number of nitrogens with zero attached hydrogens (tertiary/aromatic N) is 3. The molecule has 0 unspecified atom stereocenters. The van der Waals surface area contributed by atoms with Crippen LogP contribution in [0.25, 0.3) is 71.3 Å². The van der Waals surface area contributed by atoms with E-state index in [-0.39, 0.29) is 0 Å². The number of benzene rings is 10. The van der Waals surface area contributed by atoms with Gasteiger partial charge < -0.3 is 18.8 Å². The number of para-hydroxylation sites is 3. The number of rotatable bonds is 8. The lowest BCUT2D eigenvalue weighted by molar-refractivity contribution is 0.669. The Kier molecular flexibility index (Phi) is 8.46. The first-order valence-electron chi connectivity index (χ1n) is 21.1. The molecule has 12 rings (SSSR count). The summed E-state index contributed by atoms with van der Waals surface area (Å²) < 4.78 is 8.81. The molecular formula is C58H39N3O. The van der Waals surface area contributed by atoms with E-state index in [1.54, 1.807) is 0 Å². The Labute approximate surface area is 359 Å². The molecule has 0 aliphatic rings. The molecule has 62 heavy (non-hydrogen) atoms. The standard InChI is InChI=1S/C58H39N3O/c1-4-15-40(16-5-1)41-19-14-24-48(35-41)60(50-31-33-52-51-25-12-13-26-55(51)61(56(52)39-50)45-22-8-3-9-23-45)47-29-27-46(28-30-47)59(44-20-6-2-7-21-44)49-32-34-57-54(38-49)53-36-42-17-10-11-18-43(42)37-58(53)62-57/h1-39H. The summed E-state index contributed by atoms with van der Waals surface area (Å²) in [6.07, 6.45) is 0. The third kappa shape index (κ3) is 6.08. The third-order valence-electron chi connectivity index (χ3n) is 12.1. The van der Waals surface area contributed by atoms with Gasteiger partial charge in [-0.3, -0.25) is 0 Å². The quantitative estimate of drug-likeness (QED) is 0.153. The van der Waals surface area contributed by atoms with Crippen molar-refractivity contribution < 1.29 is 4.42 Å². The Morgan fingerprint density at radius 3 is 1.58 bits per heavy atom. The summed E-state index contributed by atoms with van der Waals surface area (Å²) in [4.78, 5) is 4.71. The average molecular weight is 794 g/mol. The molecule has 2 aromatic heterocycles. The Bertz CT molecular complexity index is 3570. The van der Waals surface area contributed by atoms with Crippen LogP contribution in [0.2, 0.25) is 0 Å². The van der Waals surface area contributed by atoms with E-state index in [1.807, 2.05) is 0 Å². The monoisotopic (exact) mass is 793 g/mol. The summed E-state index contributed by atoms with van der Waals surface area (Å²) in [5.74, 6) is 0. The van der Waals surface area contributed by atoms with Crippen LogP contribution in [0.1, 0.15) is 0 Å². The lowest BCUT2D eigenvalue weighted by Crippen LogP contribution is -2.12. The van der Waals surface area contributed by atoms with E-state index >= 15 is 0 Å². The Morgan fingerprint density at radius 1 is 0.290 bits per heavy atom. The third-order valence-corrected chi connectivity index (χ3v) is 12.1. The number of hydrogen-bond donors (Lipinski definition) is 0. The van der Waals surface area contributed by atoms with E-state index in [2.05, 4.69) is 251 Å². The summed E-state index contributed by atoms with van der Waals surface area (Å²) >= 11 is 0. The van der Waals surface area contributed by atoms with Crippen molar-refractivity contribution in [2.75, 3.05) is 9.80 Å². The molecule has 0 spiro atoms. The second-order valence-corrected chi connectivity index (χ2v) is 15.8. The van der Waals surface area contributed by atoms with Gasteiger partial charge in [-0.05, 0) is 131 Å². The zero-order valence-electron chi connectivity index (χ0n) is 33.8. The van der Waals surface area contributed by atoms with Crippen LogP contribution in [0.4, 0.5) is 34.1 Å². The second kappa shape index (κ2) is 14.7. The van der Waals surface area contributed by atoms with Crippen molar-refractivity contribution in [2.45, 2.75) is 0 Å². The number of fused-ring (bicyclic) bond motifs is 7. The van der Waals surface area contributed by atoms with Crippen LogP contribution < -0.4 is 9.80 Å². The van der Waals surface area contributed by atoms with E-state index in [1.165, 1.54) is 32.6 Å². The molecule has 0 saturated carbocycles. The minimum Gasteiger partial charge on any atom is -0.456 e. The summed E-state index contributed by atoms with van der Waals surface area (Å²) in [7, 11) is 0. The van der Waals surface area contributed by atoms with Gasteiger partial charge in [-0.15, -0.1) is 0 Å². The highest BCUT2D eigenvalue weighted by Crippen LogP contribution is 2.44. The maximum atomic E-state index is 6.42. The first-order chi connectivity index (χ1) is 30.7. The van der Waals surface area contributed by atoms with Crippen molar-refractivity contribution in [3.63, 3.8) is 0 Å². The Morgan fingerprint density at radius 2 is 0.806 bits per heavy atom. The van der Waals surface area contributed by atoms with Gasteiger partial charge in [0.15, 0.2) is 0 Å². The van der Waals surface area contributed by atoms with Crippen molar-refractivity contribution in [1.82, 2.24) is 4.57 Å². The van der Waals surface area contributed by atoms with Crippen LogP contribution in [0, 0.1) is 0 Å². The van der Waals surface area contributed by atoms with E-state index in [0.29, 0.717) is 0 Å². The summed E-state index contributed by atoms with van der Waals surface area (Å²) in [5, 5.41) is 7.02. The molecule has 0 aliphatic heterocycles. The number of hydrogen-bond acceptors (Lipinski definition) is 3. The van der Waals surface area contributed by atoms with Gasteiger partial charge in [0.1, 0.15) is 11.2 Å². The van der Waals surface area contributed by atoms with Crippen molar-refractivity contribution in [3.05, 3.63) is 237 Å². The molecule has 292 valence electrons. The van der Waals surface area contributed by atoms with Gasteiger partial charge in [-0.25, -0.2) is 0 Å². The fourth-order valence-electron chi connectivity index (χ4n) is 9.22. The number of anilines is 6. The van der Waals surface area contributed by atoms with Crippen LogP contribution >= 0.6 is 0 Å². The van der Waals surface area contributed by atoms with E-state index < -0.39 is 0 Å². The Hall–Kier alpha value is -8.34. The number of furan rings is 1. The van der Waals surface area contributed by atoms with Crippen molar-refractivity contribution in [1.29, 1.82) is 0 Å². The molecular weight excluding hydrogens is 755 g/mol. The lowest BCUT2D eigenvalue weighted by Gasteiger charge is -2.29. The van der Waals surface area contributed by atoms with Crippen LogP contribution in [-0.4, -0.2) is 4.57 Å². The highest BCUT2D eigenvalue weighted by atomic mass is 16.3. The summed E-state index contributed by atoms with van der Waals surface area (Å²) in [6, 6.07) is 84.7. The second-order valence-electron chi connectivity index (χ2n) is 15.8. The lowest BCUT2D eigenvalue weighted by atomic mass is 10.0. The molecule has 0 bridgehead atoms. The van der Waals surface area contributed by atoms with Gasteiger partial charge in [0.25, 0.3) is 0 Å². The zero-order chi connectivity index (χ0) is 41.0. The SMILES string of the molecule is c1ccc(-c2cccc(N(c3ccc(N(c4ccccc4)c4ccc5oc6cc7ccccc7cc6c5c4)cc3)c3ccc4c5ccccc5n(-c5ccccc5)c4c3)c2)cc1. The molecule has 0 aliphatic carbocycles. The molecule has 0 amide bonds. The van der Waals surface area contributed by atoms with Crippen molar-refractivity contribution >= 4 is 88.6 Å². The first-order valence-corrected chi connectivity index (χ1v) is 21.1. The van der Waals surface area contributed by atoms with Crippen LogP contribution in [-0.2, 0) is 0 Å². The topological polar surface area (TPSA) is 24.6 Å². The largest absolute Gasteiger partial charge is 0.456 e. The highest BCUT2D eigenvalue weighted by molar-refractivity contribution is 6.12. The fraction of sp³-hybridized carbons (Fsp3) is 0. The van der Waals surface area contributed by atoms with Crippen molar-refractivity contribution in [3.8, 4) is 16.8 Å². The maximum Gasteiger partial charge on any atom is 0.136 e.